The molecular formula is C31H38ClFN8O. The topological polar surface area (TPSA) is 153 Å². The van der Waals surface area contributed by atoms with E-state index in [-0.39, 0.29) is 29.1 Å². The van der Waals surface area contributed by atoms with Crippen LogP contribution in [0.4, 0.5) is 4.39 Å². The van der Waals surface area contributed by atoms with Crippen LogP contribution in [0.3, 0.4) is 0 Å². The minimum Gasteiger partial charge on any atom is -0.370 e. The average molecular weight is 593 g/mol. The van der Waals surface area contributed by atoms with Gasteiger partial charge in [-0.25, -0.2) is 9.18 Å². The standard InChI is InChI=1S/C31H38ClFN8O/c1-4-23(12-13-37-30(35)36)38-19(3)21-8-10-24(11-9-21)41-17-22-16-27(39-29(22)40-31(41)42)25-14-20(7-5-6-18(2)34)15-26(32)28(25)33/h4,8-11,14-19,23,38H,1,5-7,12-13,34H2,2-3H3,(H4,35,36,37)(H,39,40,42). The van der Waals surface area contributed by atoms with E-state index >= 15 is 4.39 Å². The molecule has 0 fully saturated rings. The van der Waals surface area contributed by atoms with Crippen molar-refractivity contribution in [2.45, 2.75) is 57.7 Å². The van der Waals surface area contributed by atoms with Gasteiger partial charge in [-0.1, -0.05) is 29.8 Å². The Hall–Kier alpha value is -3.99. The molecular weight excluding hydrogens is 555 g/mol. The Labute approximate surface area is 249 Å². The molecule has 222 valence electrons. The minimum absolute atomic E-state index is 0.0157. The summed E-state index contributed by atoms with van der Waals surface area (Å²) in [6.45, 7) is 8.40. The van der Waals surface area contributed by atoms with E-state index in [1.165, 1.54) is 4.57 Å². The number of benzene rings is 2. The van der Waals surface area contributed by atoms with Crippen molar-refractivity contribution in [1.29, 1.82) is 0 Å². The quantitative estimate of drug-likeness (QED) is 0.0860. The lowest BCUT2D eigenvalue weighted by Crippen LogP contribution is -2.31. The molecule has 0 saturated carbocycles. The Balaban J connectivity index is 1.55. The van der Waals surface area contributed by atoms with E-state index in [9.17, 15) is 4.79 Å². The van der Waals surface area contributed by atoms with Gasteiger partial charge in [-0.3, -0.25) is 9.56 Å². The second kappa shape index (κ2) is 13.8. The monoisotopic (exact) mass is 592 g/mol. The summed E-state index contributed by atoms with van der Waals surface area (Å²) in [5, 5.41) is 4.21. The van der Waals surface area contributed by atoms with Crippen LogP contribution in [-0.4, -0.2) is 39.1 Å². The predicted octanol–water partition coefficient (Wildman–Crippen LogP) is 4.71. The fourth-order valence-corrected chi connectivity index (χ4v) is 5.12. The molecule has 0 saturated heterocycles. The number of nitrogens with one attached hydrogen (secondary N) is 2. The molecule has 11 heteroatoms. The first-order chi connectivity index (χ1) is 20.0. The molecule has 3 atom stereocenters. The minimum atomic E-state index is -0.525. The molecule has 0 spiro atoms. The number of hydrogen-bond donors (Lipinski definition) is 5. The van der Waals surface area contributed by atoms with Gasteiger partial charge in [-0.2, -0.15) is 4.98 Å². The van der Waals surface area contributed by atoms with Crippen molar-refractivity contribution in [2.24, 2.45) is 22.2 Å². The highest BCUT2D eigenvalue weighted by Gasteiger charge is 2.16. The van der Waals surface area contributed by atoms with Gasteiger partial charge in [0, 0.05) is 41.8 Å². The Morgan fingerprint density at radius 3 is 2.62 bits per heavy atom. The highest BCUT2D eigenvalue weighted by Crippen LogP contribution is 2.31. The first-order valence-corrected chi connectivity index (χ1v) is 14.3. The molecule has 2 heterocycles. The maximum absolute atomic E-state index is 15.1. The summed E-state index contributed by atoms with van der Waals surface area (Å²) in [6, 6.07) is 13.0. The van der Waals surface area contributed by atoms with Crippen molar-refractivity contribution in [1.82, 2.24) is 19.9 Å². The third-order valence-corrected chi connectivity index (χ3v) is 7.44. The Morgan fingerprint density at radius 1 is 1.21 bits per heavy atom. The normalized spacial score (nSPS) is 13.5. The first-order valence-electron chi connectivity index (χ1n) is 14.0. The van der Waals surface area contributed by atoms with Gasteiger partial charge in [0.2, 0.25) is 0 Å². The molecule has 0 aliphatic rings. The van der Waals surface area contributed by atoms with Crippen LogP contribution in [0, 0.1) is 5.82 Å². The van der Waals surface area contributed by atoms with Crippen LogP contribution < -0.4 is 28.2 Å². The largest absolute Gasteiger partial charge is 0.370 e. The Bertz CT molecular complexity index is 1620. The third-order valence-electron chi connectivity index (χ3n) is 7.17. The number of aromatic amines is 1. The SMILES string of the molecule is C=CC(CCN=C(N)N)NC(C)c1ccc(-n2cc3cc(-c4cc(CCCC(C)N)cc(Cl)c4F)[nH]c3nc2=O)cc1. The first kappa shape index (κ1) is 31.0. The summed E-state index contributed by atoms with van der Waals surface area (Å²) in [6.07, 6.45) is 6.70. The lowest BCUT2D eigenvalue weighted by Gasteiger charge is -2.21. The lowest BCUT2D eigenvalue weighted by atomic mass is 10.0. The molecule has 3 unspecified atom stereocenters. The number of hydrogen-bond acceptors (Lipinski definition) is 5. The van der Waals surface area contributed by atoms with Crippen molar-refractivity contribution >= 4 is 28.6 Å². The molecule has 8 N–H and O–H groups in total. The molecule has 0 aliphatic carbocycles. The van der Waals surface area contributed by atoms with Gasteiger partial charge < -0.3 is 27.5 Å². The third kappa shape index (κ3) is 7.64. The van der Waals surface area contributed by atoms with Crippen molar-refractivity contribution < 1.29 is 4.39 Å². The second-order valence-electron chi connectivity index (χ2n) is 10.6. The van der Waals surface area contributed by atoms with Crippen molar-refractivity contribution in [2.75, 3.05) is 6.54 Å². The van der Waals surface area contributed by atoms with E-state index in [1.807, 2.05) is 44.2 Å². The van der Waals surface area contributed by atoms with Crippen LogP contribution in [0.15, 0.2) is 71.1 Å². The molecule has 42 heavy (non-hydrogen) atoms. The molecule has 4 aromatic rings. The van der Waals surface area contributed by atoms with Crippen molar-refractivity contribution in [3.8, 4) is 16.9 Å². The number of guanidine groups is 1. The fourth-order valence-electron chi connectivity index (χ4n) is 4.88. The summed E-state index contributed by atoms with van der Waals surface area (Å²) < 4.78 is 16.6. The summed E-state index contributed by atoms with van der Waals surface area (Å²) in [5.74, 6) is -0.461. The molecule has 0 aliphatic heterocycles. The highest BCUT2D eigenvalue weighted by molar-refractivity contribution is 6.31. The van der Waals surface area contributed by atoms with Gasteiger partial charge in [-0.15, -0.1) is 6.58 Å². The number of H-pyrrole nitrogens is 1. The smallest absolute Gasteiger partial charge is 0.354 e. The van der Waals surface area contributed by atoms with E-state index in [4.69, 9.17) is 28.8 Å². The van der Waals surface area contributed by atoms with Gasteiger partial charge in [-0.05, 0) is 81.0 Å². The number of nitrogens with two attached hydrogens (primary N) is 3. The Morgan fingerprint density at radius 2 is 1.95 bits per heavy atom. The lowest BCUT2D eigenvalue weighted by molar-refractivity contribution is 0.493. The maximum Gasteiger partial charge on any atom is 0.354 e. The zero-order chi connectivity index (χ0) is 30.4. The van der Waals surface area contributed by atoms with Gasteiger partial charge in [0.25, 0.3) is 0 Å². The zero-order valence-electron chi connectivity index (χ0n) is 23.9. The van der Waals surface area contributed by atoms with Crippen LogP contribution in [-0.2, 0) is 6.42 Å². The van der Waals surface area contributed by atoms with Crippen LogP contribution in [0.2, 0.25) is 5.02 Å². The zero-order valence-corrected chi connectivity index (χ0v) is 24.7. The van der Waals surface area contributed by atoms with E-state index in [0.29, 0.717) is 40.9 Å². The summed E-state index contributed by atoms with van der Waals surface area (Å²) in [7, 11) is 0. The van der Waals surface area contributed by atoms with Gasteiger partial charge in [0.05, 0.1) is 16.4 Å². The molecule has 2 aromatic carbocycles. The number of nitrogens with zero attached hydrogens (tertiary/aromatic N) is 3. The highest BCUT2D eigenvalue weighted by atomic mass is 35.5. The summed E-state index contributed by atoms with van der Waals surface area (Å²) in [4.78, 5) is 24.3. The van der Waals surface area contributed by atoms with Crippen LogP contribution >= 0.6 is 11.6 Å². The molecule has 0 bridgehead atoms. The number of rotatable bonds is 13. The summed E-state index contributed by atoms with van der Waals surface area (Å²) in [5.41, 5.74) is 20.0. The van der Waals surface area contributed by atoms with Gasteiger partial charge in [0.15, 0.2) is 11.8 Å². The van der Waals surface area contributed by atoms with E-state index in [0.717, 1.165) is 30.4 Å². The van der Waals surface area contributed by atoms with Crippen LogP contribution in [0.1, 0.15) is 50.3 Å². The fraction of sp³-hybridized carbons (Fsp3) is 0.323. The molecule has 0 amide bonds. The van der Waals surface area contributed by atoms with Crippen molar-refractivity contribution in [3.63, 3.8) is 0 Å². The van der Waals surface area contributed by atoms with E-state index in [2.05, 4.69) is 26.9 Å². The van der Waals surface area contributed by atoms with Gasteiger partial charge in [0.1, 0.15) is 5.65 Å². The number of aromatic nitrogens is 3. The second-order valence-corrected chi connectivity index (χ2v) is 11.0. The number of aliphatic imine (C=N–C) groups is 1. The summed E-state index contributed by atoms with van der Waals surface area (Å²) >= 11 is 6.24. The van der Waals surface area contributed by atoms with Crippen LogP contribution in [0.5, 0.6) is 0 Å². The average Bonchev–Trinajstić information content (AvgIpc) is 3.36. The predicted molar refractivity (Wildman–Crippen MR) is 170 cm³/mol. The van der Waals surface area contributed by atoms with Gasteiger partial charge >= 0.3 is 5.69 Å². The van der Waals surface area contributed by atoms with E-state index in [1.54, 1.807) is 24.4 Å². The molecule has 4 rings (SSSR count). The number of fused-ring (bicyclic) bond motifs is 1. The molecule has 0 radical (unpaired) electrons. The molecule has 9 nitrogen and oxygen atoms in total. The van der Waals surface area contributed by atoms with Crippen molar-refractivity contribution in [3.05, 3.63) is 93.8 Å². The van der Waals surface area contributed by atoms with Crippen LogP contribution in [0.25, 0.3) is 28.0 Å². The number of halogens is 2. The van der Waals surface area contributed by atoms with E-state index < -0.39 is 11.5 Å². The number of aryl methyl sites for hydroxylation is 1. The Kier molecular flexibility index (Phi) is 10.2. The maximum atomic E-state index is 15.1. The molecule has 2 aromatic heterocycles.